The van der Waals surface area contributed by atoms with Crippen molar-refractivity contribution in [3.63, 3.8) is 0 Å². The van der Waals surface area contributed by atoms with Crippen molar-refractivity contribution >= 4 is 9.84 Å². The van der Waals surface area contributed by atoms with Crippen molar-refractivity contribution in [3.05, 3.63) is 11.1 Å². The lowest BCUT2D eigenvalue weighted by molar-refractivity contribution is 0.609. The first-order chi connectivity index (χ1) is 3.95. The molecule has 0 fully saturated rings. The van der Waals surface area contributed by atoms with E-state index in [9.17, 15) is 8.42 Å². The van der Waals surface area contributed by atoms with Gasteiger partial charge in [-0.1, -0.05) is 0 Å². The molecule has 0 aromatic rings. The Bertz CT molecular complexity index is 203. The van der Waals surface area contributed by atoms with Gasteiger partial charge in [0.25, 0.3) is 0 Å². The van der Waals surface area contributed by atoms with Gasteiger partial charge in [-0.15, -0.1) is 0 Å². The molecule has 0 aromatic heterocycles. The standard InChI is InChI=1S/C5H11NO2S/c1-5(6-2)4-9(3,7)8/h4,6H,1-3H3. The molecular formula is C5H11NO2S. The summed E-state index contributed by atoms with van der Waals surface area (Å²) in [6.07, 6.45) is 1.16. The molecule has 0 unspecified atom stereocenters. The fourth-order valence-electron chi connectivity index (χ4n) is 0.380. The summed E-state index contributed by atoms with van der Waals surface area (Å²) < 4.78 is 21.0. The van der Waals surface area contributed by atoms with Crippen LogP contribution in [0.5, 0.6) is 0 Å². The first-order valence-electron chi connectivity index (χ1n) is 2.52. The van der Waals surface area contributed by atoms with E-state index in [1.165, 1.54) is 5.41 Å². The lowest BCUT2D eigenvalue weighted by atomic mass is 10.6. The van der Waals surface area contributed by atoms with Gasteiger partial charge in [0.2, 0.25) is 0 Å². The van der Waals surface area contributed by atoms with Crippen LogP contribution in [0.25, 0.3) is 0 Å². The minimum atomic E-state index is -2.96. The summed E-state index contributed by atoms with van der Waals surface area (Å²) in [5, 5.41) is 3.89. The lowest BCUT2D eigenvalue weighted by Gasteiger charge is -1.95. The molecule has 0 radical (unpaired) electrons. The lowest BCUT2D eigenvalue weighted by Crippen LogP contribution is -2.04. The maximum absolute atomic E-state index is 10.5. The van der Waals surface area contributed by atoms with Crippen LogP contribution in [0.2, 0.25) is 0 Å². The van der Waals surface area contributed by atoms with Crippen LogP contribution < -0.4 is 5.32 Å². The van der Waals surface area contributed by atoms with Crippen LogP contribution in [0.15, 0.2) is 11.1 Å². The monoisotopic (exact) mass is 149 g/mol. The highest BCUT2D eigenvalue weighted by molar-refractivity contribution is 7.93. The van der Waals surface area contributed by atoms with E-state index in [1.54, 1.807) is 14.0 Å². The third kappa shape index (κ3) is 5.36. The Labute approximate surface area is 55.7 Å². The second kappa shape index (κ2) is 2.87. The van der Waals surface area contributed by atoms with Gasteiger partial charge in [0, 0.05) is 24.4 Å². The second-order valence-electron chi connectivity index (χ2n) is 1.88. The topological polar surface area (TPSA) is 46.2 Å². The molecule has 54 valence electrons. The molecule has 0 atom stereocenters. The molecular weight excluding hydrogens is 138 g/mol. The maximum atomic E-state index is 10.5. The van der Waals surface area contributed by atoms with Crippen LogP contribution in [0, 0.1) is 0 Å². The largest absolute Gasteiger partial charge is 0.391 e. The Balaban J connectivity index is 4.32. The molecule has 0 spiro atoms. The number of hydrogen-bond acceptors (Lipinski definition) is 3. The average molecular weight is 149 g/mol. The normalized spacial score (nSPS) is 13.4. The van der Waals surface area contributed by atoms with Gasteiger partial charge in [0.1, 0.15) is 0 Å². The van der Waals surface area contributed by atoms with Gasteiger partial charge in [-0.25, -0.2) is 8.42 Å². The first kappa shape index (κ1) is 8.49. The van der Waals surface area contributed by atoms with Gasteiger partial charge >= 0.3 is 0 Å². The minimum absolute atomic E-state index is 0.650. The van der Waals surface area contributed by atoms with Gasteiger partial charge in [0.05, 0.1) is 0 Å². The SMILES string of the molecule is CNC(C)=CS(C)(=O)=O. The van der Waals surface area contributed by atoms with Crippen LogP contribution in [0.3, 0.4) is 0 Å². The molecule has 0 saturated carbocycles. The fourth-order valence-corrected chi connectivity index (χ4v) is 1.14. The zero-order valence-corrected chi connectivity index (χ0v) is 6.62. The van der Waals surface area contributed by atoms with Gasteiger partial charge in [0.15, 0.2) is 9.84 Å². The molecule has 0 bridgehead atoms. The van der Waals surface area contributed by atoms with Crippen molar-refractivity contribution in [3.8, 4) is 0 Å². The van der Waals surface area contributed by atoms with Crippen molar-refractivity contribution in [2.24, 2.45) is 0 Å². The Morgan fingerprint density at radius 1 is 1.56 bits per heavy atom. The molecule has 0 rings (SSSR count). The number of nitrogens with one attached hydrogen (secondary N) is 1. The van der Waals surface area contributed by atoms with Gasteiger partial charge in [-0.05, 0) is 6.92 Å². The highest BCUT2D eigenvalue weighted by Crippen LogP contribution is 1.90. The van der Waals surface area contributed by atoms with Gasteiger partial charge < -0.3 is 5.32 Å². The van der Waals surface area contributed by atoms with Gasteiger partial charge in [-0.3, -0.25) is 0 Å². The van der Waals surface area contributed by atoms with Crippen LogP contribution in [-0.4, -0.2) is 21.7 Å². The van der Waals surface area contributed by atoms with Crippen molar-refractivity contribution < 1.29 is 8.42 Å². The molecule has 4 heteroatoms. The van der Waals surface area contributed by atoms with E-state index in [0.717, 1.165) is 6.26 Å². The molecule has 0 aromatic carbocycles. The molecule has 1 N–H and O–H groups in total. The molecule has 3 nitrogen and oxygen atoms in total. The number of hydrogen-bond donors (Lipinski definition) is 1. The third-order valence-corrected chi connectivity index (χ3v) is 1.57. The van der Waals surface area contributed by atoms with Gasteiger partial charge in [-0.2, -0.15) is 0 Å². The summed E-state index contributed by atoms with van der Waals surface area (Å²) in [7, 11) is -1.28. The first-order valence-corrected chi connectivity index (χ1v) is 4.47. The number of sulfone groups is 1. The number of allylic oxidation sites excluding steroid dienone is 1. The van der Waals surface area contributed by atoms with Crippen LogP contribution in [0.4, 0.5) is 0 Å². The highest BCUT2D eigenvalue weighted by atomic mass is 32.2. The van der Waals surface area contributed by atoms with Crippen molar-refractivity contribution in [2.45, 2.75) is 6.92 Å². The molecule has 0 amide bonds. The molecule has 0 saturated heterocycles. The number of rotatable bonds is 2. The average Bonchev–Trinajstić information content (AvgIpc) is 1.62. The molecule has 9 heavy (non-hydrogen) atoms. The predicted molar refractivity (Wildman–Crippen MR) is 37.7 cm³/mol. The summed E-state index contributed by atoms with van der Waals surface area (Å²) in [6, 6.07) is 0. The zero-order valence-electron chi connectivity index (χ0n) is 5.80. The smallest absolute Gasteiger partial charge is 0.170 e. The Kier molecular flexibility index (Phi) is 2.70. The van der Waals surface area contributed by atoms with E-state index in [4.69, 9.17) is 0 Å². The molecule has 0 aliphatic rings. The Morgan fingerprint density at radius 3 is 2.11 bits per heavy atom. The minimum Gasteiger partial charge on any atom is -0.391 e. The van der Waals surface area contributed by atoms with E-state index in [1.807, 2.05) is 0 Å². The van der Waals surface area contributed by atoms with Crippen LogP contribution >= 0.6 is 0 Å². The Hall–Kier alpha value is -0.510. The summed E-state index contributed by atoms with van der Waals surface area (Å²) in [6.45, 7) is 1.70. The summed E-state index contributed by atoms with van der Waals surface area (Å²) in [5.74, 6) is 0. The Morgan fingerprint density at radius 2 is 2.00 bits per heavy atom. The second-order valence-corrected chi connectivity index (χ2v) is 3.78. The molecule has 0 heterocycles. The summed E-state index contributed by atoms with van der Waals surface area (Å²) >= 11 is 0. The van der Waals surface area contributed by atoms with E-state index in [2.05, 4.69) is 5.32 Å². The highest BCUT2D eigenvalue weighted by Gasteiger charge is 1.94. The predicted octanol–water partition coefficient (Wildman–Crippen LogP) is 0.112. The van der Waals surface area contributed by atoms with Crippen molar-refractivity contribution in [1.82, 2.24) is 5.32 Å². The van der Waals surface area contributed by atoms with E-state index in [0.29, 0.717) is 5.70 Å². The summed E-state index contributed by atoms with van der Waals surface area (Å²) in [4.78, 5) is 0. The van der Waals surface area contributed by atoms with Crippen molar-refractivity contribution in [1.29, 1.82) is 0 Å². The quantitative estimate of drug-likeness (QED) is 0.606. The van der Waals surface area contributed by atoms with Crippen LogP contribution in [0.1, 0.15) is 6.92 Å². The molecule has 0 aliphatic carbocycles. The third-order valence-electron chi connectivity index (χ3n) is 0.785. The fraction of sp³-hybridized carbons (Fsp3) is 0.600. The van der Waals surface area contributed by atoms with E-state index in [-0.39, 0.29) is 0 Å². The van der Waals surface area contributed by atoms with E-state index >= 15 is 0 Å². The zero-order chi connectivity index (χ0) is 7.49. The van der Waals surface area contributed by atoms with Crippen molar-refractivity contribution in [2.75, 3.05) is 13.3 Å². The van der Waals surface area contributed by atoms with E-state index < -0.39 is 9.84 Å². The summed E-state index contributed by atoms with van der Waals surface area (Å²) in [5.41, 5.74) is 0.650. The van der Waals surface area contributed by atoms with Crippen LogP contribution in [-0.2, 0) is 9.84 Å². The molecule has 0 aliphatic heterocycles. The maximum Gasteiger partial charge on any atom is 0.170 e.